The quantitative estimate of drug-likeness (QED) is 0.478. The van der Waals surface area contributed by atoms with Gasteiger partial charge in [-0.15, -0.1) is 11.8 Å². The minimum absolute atomic E-state index is 0.0684. The number of rotatable bonds is 7. The molecule has 2 N–H and O–H groups in total. The van der Waals surface area contributed by atoms with Gasteiger partial charge in [0.1, 0.15) is 5.25 Å². The number of anilines is 2. The van der Waals surface area contributed by atoms with Crippen LogP contribution in [0.2, 0.25) is 0 Å². The molecule has 1 fully saturated rings. The molecule has 0 bridgehead atoms. The smallest absolute Gasteiger partial charge is 0.242 e. The molecule has 1 aliphatic carbocycles. The minimum Gasteiger partial charge on any atom is -0.326 e. The lowest BCUT2D eigenvalue weighted by molar-refractivity contribution is -0.117. The summed E-state index contributed by atoms with van der Waals surface area (Å²) < 4.78 is 0. The first-order valence-corrected chi connectivity index (χ1v) is 11.0. The van der Waals surface area contributed by atoms with Gasteiger partial charge in [0.05, 0.1) is 0 Å². The SMILES string of the molecule is Cc1ccc(NC(=O)C(Sc2ccc(NC(=O)C3CC3)cc2)c2ccccc2)cc1. The highest BCUT2D eigenvalue weighted by molar-refractivity contribution is 8.00. The lowest BCUT2D eigenvalue weighted by Crippen LogP contribution is -2.19. The van der Waals surface area contributed by atoms with Gasteiger partial charge in [-0.1, -0.05) is 48.0 Å². The molecule has 0 aromatic heterocycles. The van der Waals surface area contributed by atoms with Crippen molar-refractivity contribution < 1.29 is 9.59 Å². The van der Waals surface area contributed by atoms with Crippen LogP contribution in [0.25, 0.3) is 0 Å². The van der Waals surface area contributed by atoms with E-state index < -0.39 is 0 Å². The molecule has 0 aliphatic heterocycles. The van der Waals surface area contributed by atoms with Gasteiger partial charge < -0.3 is 10.6 Å². The molecule has 0 heterocycles. The topological polar surface area (TPSA) is 58.2 Å². The van der Waals surface area contributed by atoms with Crippen molar-refractivity contribution in [1.29, 1.82) is 0 Å². The molecule has 3 aromatic rings. The van der Waals surface area contributed by atoms with E-state index >= 15 is 0 Å². The number of hydrogen-bond acceptors (Lipinski definition) is 3. The lowest BCUT2D eigenvalue weighted by Gasteiger charge is -2.17. The summed E-state index contributed by atoms with van der Waals surface area (Å²) in [5.74, 6) is 0.197. The van der Waals surface area contributed by atoms with Crippen LogP contribution >= 0.6 is 11.8 Å². The Balaban J connectivity index is 1.49. The van der Waals surface area contributed by atoms with E-state index in [4.69, 9.17) is 0 Å². The summed E-state index contributed by atoms with van der Waals surface area (Å²) in [5, 5.41) is 5.59. The van der Waals surface area contributed by atoms with Crippen molar-refractivity contribution >= 4 is 35.0 Å². The van der Waals surface area contributed by atoms with Crippen molar-refractivity contribution in [3.63, 3.8) is 0 Å². The third kappa shape index (κ3) is 5.30. The zero-order valence-electron chi connectivity index (χ0n) is 16.8. The normalized spacial score (nSPS) is 14.0. The predicted molar refractivity (Wildman–Crippen MR) is 123 cm³/mol. The fraction of sp³-hybridized carbons (Fsp3) is 0.200. The van der Waals surface area contributed by atoms with E-state index in [2.05, 4.69) is 10.6 Å². The fourth-order valence-corrected chi connectivity index (χ4v) is 4.11. The molecule has 5 heteroatoms. The van der Waals surface area contributed by atoms with Crippen LogP contribution in [0.5, 0.6) is 0 Å². The summed E-state index contributed by atoms with van der Waals surface area (Å²) in [6.45, 7) is 2.02. The zero-order chi connectivity index (χ0) is 20.9. The molecule has 152 valence electrons. The Labute approximate surface area is 181 Å². The molecule has 1 unspecified atom stereocenters. The van der Waals surface area contributed by atoms with Gasteiger partial charge in [-0.3, -0.25) is 9.59 Å². The molecule has 1 aliphatic rings. The van der Waals surface area contributed by atoms with Gasteiger partial charge in [0.15, 0.2) is 0 Å². The van der Waals surface area contributed by atoms with Crippen molar-refractivity contribution in [2.24, 2.45) is 5.92 Å². The molecular weight excluding hydrogens is 392 g/mol. The number of amides is 2. The number of aryl methyl sites for hydroxylation is 1. The predicted octanol–water partition coefficient (Wildman–Crippen LogP) is 5.82. The van der Waals surface area contributed by atoms with Crippen molar-refractivity contribution in [3.05, 3.63) is 90.0 Å². The van der Waals surface area contributed by atoms with Crippen LogP contribution in [0, 0.1) is 12.8 Å². The first kappa shape index (κ1) is 20.2. The van der Waals surface area contributed by atoms with Crippen LogP contribution in [-0.4, -0.2) is 11.8 Å². The highest BCUT2D eigenvalue weighted by Gasteiger charge is 2.29. The van der Waals surface area contributed by atoms with E-state index in [0.29, 0.717) is 0 Å². The van der Waals surface area contributed by atoms with Crippen LogP contribution in [0.15, 0.2) is 83.8 Å². The zero-order valence-corrected chi connectivity index (χ0v) is 17.6. The van der Waals surface area contributed by atoms with Crippen LogP contribution in [0.3, 0.4) is 0 Å². The largest absolute Gasteiger partial charge is 0.326 e. The van der Waals surface area contributed by atoms with Crippen molar-refractivity contribution in [1.82, 2.24) is 0 Å². The summed E-state index contributed by atoms with van der Waals surface area (Å²) in [4.78, 5) is 26.0. The summed E-state index contributed by atoms with van der Waals surface area (Å²) in [5.41, 5.74) is 3.66. The van der Waals surface area contributed by atoms with Gasteiger partial charge in [-0.2, -0.15) is 0 Å². The third-order valence-corrected chi connectivity index (χ3v) is 6.25. The monoisotopic (exact) mass is 416 g/mol. The summed E-state index contributed by atoms with van der Waals surface area (Å²) in [7, 11) is 0. The summed E-state index contributed by atoms with van der Waals surface area (Å²) in [6.07, 6.45) is 1.96. The maximum Gasteiger partial charge on any atom is 0.242 e. The molecule has 0 saturated heterocycles. The third-order valence-electron chi connectivity index (χ3n) is 4.98. The Bertz CT molecular complexity index is 1010. The number of hydrogen-bond donors (Lipinski definition) is 2. The minimum atomic E-state index is -0.389. The van der Waals surface area contributed by atoms with Gasteiger partial charge in [0.2, 0.25) is 11.8 Å². The standard InChI is InChI=1S/C25H24N2O2S/c1-17-7-11-20(12-8-17)27-25(29)23(18-5-3-2-4-6-18)30-22-15-13-21(14-16-22)26-24(28)19-9-10-19/h2-8,11-16,19,23H,9-10H2,1H3,(H,26,28)(H,27,29). The average Bonchev–Trinajstić information content (AvgIpc) is 3.61. The van der Waals surface area contributed by atoms with E-state index in [-0.39, 0.29) is 23.0 Å². The Morgan fingerprint density at radius 2 is 1.43 bits per heavy atom. The molecule has 2 amide bonds. The Morgan fingerprint density at radius 3 is 2.07 bits per heavy atom. The maximum absolute atomic E-state index is 13.1. The molecular formula is C25H24N2O2S. The Hall–Kier alpha value is -3.05. The van der Waals surface area contributed by atoms with Gasteiger partial charge >= 0.3 is 0 Å². The lowest BCUT2D eigenvalue weighted by atomic mass is 10.1. The molecule has 0 spiro atoms. The molecule has 3 aromatic carbocycles. The summed E-state index contributed by atoms with van der Waals surface area (Å²) >= 11 is 1.49. The highest BCUT2D eigenvalue weighted by atomic mass is 32.2. The van der Waals surface area contributed by atoms with Gasteiger partial charge in [0, 0.05) is 22.2 Å². The van der Waals surface area contributed by atoms with E-state index in [1.54, 1.807) is 0 Å². The van der Waals surface area contributed by atoms with Crippen molar-refractivity contribution in [2.45, 2.75) is 29.9 Å². The van der Waals surface area contributed by atoms with Crippen LogP contribution < -0.4 is 10.6 Å². The Morgan fingerprint density at radius 1 is 0.833 bits per heavy atom. The average molecular weight is 417 g/mol. The Kier molecular flexibility index (Phi) is 6.19. The maximum atomic E-state index is 13.1. The highest BCUT2D eigenvalue weighted by Crippen LogP contribution is 2.37. The van der Waals surface area contributed by atoms with E-state index in [0.717, 1.165) is 40.2 Å². The number of benzene rings is 3. The van der Waals surface area contributed by atoms with Crippen molar-refractivity contribution in [2.75, 3.05) is 10.6 Å². The molecule has 30 heavy (non-hydrogen) atoms. The second-order valence-electron chi connectivity index (χ2n) is 7.55. The van der Waals surface area contributed by atoms with Gasteiger partial charge in [-0.05, 0) is 61.7 Å². The number of carbonyl (C=O) groups is 2. The van der Waals surface area contributed by atoms with Gasteiger partial charge in [0.25, 0.3) is 0 Å². The summed E-state index contributed by atoms with van der Waals surface area (Å²) in [6, 6.07) is 25.2. The number of thioether (sulfide) groups is 1. The number of nitrogens with one attached hydrogen (secondary N) is 2. The molecule has 4 nitrogen and oxygen atoms in total. The van der Waals surface area contributed by atoms with E-state index in [1.165, 1.54) is 11.8 Å². The van der Waals surface area contributed by atoms with E-state index in [1.807, 2.05) is 85.8 Å². The van der Waals surface area contributed by atoms with E-state index in [9.17, 15) is 9.59 Å². The first-order valence-electron chi connectivity index (χ1n) is 10.1. The van der Waals surface area contributed by atoms with Crippen LogP contribution in [0.1, 0.15) is 29.2 Å². The van der Waals surface area contributed by atoms with Crippen molar-refractivity contribution in [3.8, 4) is 0 Å². The molecule has 0 radical (unpaired) electrons. The number of carbonyl (C=O) groups excluding carboxylic acids is 2. The second-order valence-corrected chi connectivity index (χ2v) is 8.73. The molecule has 4 rings (SSSR count). The van der Waals surface area contributed by atoms with Crippen LogP contribution in [-0.2, 0) is 9.59 Å². The first-order chi connectivity index (χ1) is 14.6. The van der Waals surface area contributed by atoms with Crippen LogP contribution in [0.4, 0.5) is 11.4 Å². The molecule has 1 saturated carbocycles. The molecule has 1 atom stereocenters. The second kappa shape index (κ2) is 9.18. The van der Waals surface area contributed by atoms with Gasteiger partial charge in [-0.25, -0.2) is 0 Å². The fourth-order valence-electron chi connectivity index (χ4n) is 3.09.